The predicted octanol–water partition coefficient (Wildman–Crippen LogP) is 2.75. The predicted molar refractivity (Wildman–Crippen MR) is 53.6 cm³/mol. The molecule has 0 bridgehead atoms. The first-order valence-corrected chi connectivity index (χ1v) is 4.48. The molecule has 2 rings (SSSR count). The molecule has 0 saturated heterocycles. The summed E-state index contributed by atoms with van der Waals surface area (Å²) < 4.78 is 0. The second-order valence-corrected chi connectivity index (χ2v) is 3.43. The zero-order valence-corrected chi connectivity index (χ0v) is 7.86. The molecule has 0 spiro atoms. The number of nitrogens with zero attached hydrogens (tertiary/aromatic N) is 2. The van der Waals surface area contributed by atoms with Crippen LogP contribution in [0.3, 0.4) is 0 Å². The lowest BCUT2D eigenvalue weighted by Gasteiger charge is -2.07. The first-order chi connectivity index (χ1) is 6.29. The van der Waals surface area contributed by atoms with E-state index in [-0.39, 0.29) is 0 Å². The topological polar surface area (TPSA) is 25.8 Å². The monoisotopic (exact) mass is 172 g/mol. The van der Waals surface area contributed by atoms with E-state index in [4.69, 9.17) is 0 Å². The molecule has 2 nitrogen and oxygen atoms in total. The molecule has 2 aromatic heterocycles. The van der Waals surface area contributed by atoms with Crippen LogP contribution in [0.4, 0.5) is 0 Å². The van der Waals surface area contributed by atoms with Crippen LogP contribution in [0.25, 0.3) is 11.0 Å². The van der Waals surface area contributed by atoms with E-state index in [1.807, 2.05) is 30.6 Å². The fraction of sp³-hybridized carbons (Fsp3) is 0.273. The summed E-state index contributed by atoms with van der Waals surface area (Å²) in [6, 6.07) is 5.95. The zero-order valence-electron chi connectivity index (χ0n) is 7.86. The molecule has 0 amide bonds. The standard InChI is InChI=1S/C11H12N2/c1-8(2)9-5-7-12-10-4-3-6-13-11(9)10/h3-8H,1-2H3. The first kappa shape index (κ1) is 8.17. The second-order valence-electron chi connectivity index (χ2n) is 3.43. The van der Waals surface area contributed by atoms with Gasteiger partial charge in [-0.05, 0) is 29.7 Å². The average molecular weight is 172 g/mol. The Morgan fingerprint density at radius 2 is 1.92 bits per heavy atom. The molecule has 2 aromatic rings. The smallest absolute Gasteiger partial charge is 0.0921 e. The normalized spacial score (nSPS) is 11.0. The molecule has 0 aliphatic heterocycles. The van der Waals surface area contributed by atoms with Gasteiger partial charge in [0.1, 0.15) is 0 Å². The molecule has 0 fully saturated rings. The summed E-state index contributed by atoms with van der Waals surface area (Å²) >= 11 is 0. The molecule has 0 radical (unpaired) electrons. The maximum Gasteiger partial charge on any atom is 0.0921 e. The van der Waals surface area contributed by atoms with Crippen LogP contribution in [0.5, 0.6) is 0 Å². The van der Waals surface area contributed by atoms with Gasteiger partial charge in [0.25, 0.3) is 0 Å². The third kappa shape index (κ3) is 1.39. The highest BCUT2D eigenvalue weighted by Crippen LogP contribution is 2.20. The molecule has 0 aliphatic rings. The van der Waals surface area contributed by atoms with Crippen molar-refractivity contribution in [2.24, 2.45) is 0 Å². The van der Waals surface area contributed by atoms with Crippen molar-refractivity contribution in [2.45, 2.75) is 19.8 Å². The van der Waals surface area contributed by atoms with Gasteiger partial charge >= 0.3 is 0 Å². The summed E-state index contributed by atoms with van der Waals surface area (Å²) in [7, 11) is 0. The van der Waals surface area contributed by atoms with Crippen molar-refractivity contribution in [3.63, 3.8) is 0 Å². The van der Waals surface area contributed by atoms with Gasteiger partial charge in [-0.25, -0.2) is 0 Å². The minimum Gasteiger partial charge on any atom is -0.255 e. The van der Waals surface area contributed by atoms with E-state index in [0.717, 1.165) is 11.0 Å². The van der Waals surface area contributed by atoms with Crippen LogP contribution in [0.1, 0.15) is 25.3 Å². The summed E-state index contributed by atoms with van der Waals surface area (Å²) in [6.07, 6.45) is 3.66. The average Bonchev–Trinajstić information content (AvgIpc) is 2.17. The van der Waals surface area contributed by atoms with Gasteiger partial charge in [0.15, 0.2) is 0 Å². The van der Waals surface area contributed by atoms with E-state index in [1.165, 1.54) is 5.56 Å². The van der Waals surface area contributed by atoms with Gasteiger partial charge in [-0.15, -0.1) is 0 Å². The molecule has 0 saturated carbocycles. The molecule has 0 aliphatic carbocycles. The number of fused-ring (bicyclic) bond motifs is 1. The molecule has 0 aromatic carbocycles. The molecule has 2 heterocycles. The summed E-state index contributed by atoms with van der Waals surface area (Å²) in [6.45, 7) is 4.34. The Balaban J connectivity index is 2.76. The number of hydrogen-bond acceptors (Lipinski definition) is 2. The van der Waals surface area contributed by atoms with Crippen molar-refractivity contribution >= 4 is 11.0 Å². The lowest BCUT2D eigenvalue weighted by Crippen LogP contribution is -1.92. The number of hydrogen-bond donors (Lipinski definition) is 0. The maximum atomic E-state index is 4.34. The third-order valence-corrected chi connectivity index (χ3v) is 2.15. The number of rotatable bonds is 1. The fourth-order valence-corrected chi connectivity index (χ4v) is 1.47. The Kier molecular flexibility index (Phi) is 1.97. The van der Waals surface area contributed by atoms with E-state index >= 15 is 0 Å². The van der Waals surface area contributed by atoms with Crippen LogP contribution in [0.2, 0.25) is 0 Å². The highest BCUT2D eigenvalue weighted by Gasteiger charge is 2.05. The van der Waals surface area contributed by atoms with Crippen LogP contribution < -0.4 is 0 Å². The molecule has 2 heteroatoms. The van der Waals surface area contributed by atoms with Gasteiger partial charge in [-0.3, -0.25) is 9.97 Å². The van der Waals surface area contributed by atoms with E-state index < -0.39 is 0 Å². The molecular formula is C11H12N2. The number of aromatic nitrogens is 2. The van der Waals surface area contributed by atoms with Gasteiger partial charge in [-0.1, -0.05) is 13.8 Å². The van der Waals surface area contributed by atoms with Crippen molar-refractivity contribution in [3.8, 4) is 0 Å². The highest BCUT2D eigenvalue weighted by molar-refractivity contribution is 5.77. The second kappa shape index (κ2) is 3.13. The molecule has 0 unspecified atom stereocenters. The van der Waals surface area contributed by atoms with Crippen molar-refractivity contribution in [1.29, 1.82) is 0 Å². The SMILES string of the molecule is CC(C)c1ccnc2cccnc12. The van der Waals surface area contributed by atoms with Gasteiger partial charge in [0, 0.05) is 12.4 Å². The van der Waals surface area contributed by atoms with Gasteiger partial charge < -0.3 is 0 Å². The van der Waals surface area contributed by atoms with Gasteiger partial charge in [0.05, 0.1) is 11.0 Å². The van der Waals surface area contributed by atoms with Crippen molar-refractivity contribution in [3.05, 3.63) is 36.2 Å². The first-order valence-electron chi connectivity index (χ1n) is 4.48. The van der Waals surface area contributed by atoms with Crippen LogP contribution in [0, 0.1) is 0 Å². The zero-order chi connectivity index (χ0) is 9.26. The summed E-state index contributed by atoms with van der Waals surface area (Å²) in [4.78, 5) is 8.60. The Morgan fingerprint density at radius 3 is 2.69 bits per heavy atom. The van der Waals surface area contributed by atoms with Gasteiger partial charge in [0.2, 0.25) is 0 Å². The van der Waals surface area contributed by atoms with Gasteiger partial charge in [-0.2, -0.15) is 0 Å². The largest absolute Gasteiger partial charge is 0.255 e. The summed E-state index contributed by atoms with van der Waals surface area (Å²) in [5.74, 6) is 0.500. The van der Waals surface area contributed by atoms with E-state index in [0.29, 0.717) is 5.92 Å². The molecule has 66 valence electrons. The van der Waals surface area contributed by atoms with Crippen LogP contribution in [-0.4, -0.2) is 9.97 Å². The fourth-order valence-electron chi connectivity index (χ4n) is 1.47. The third-order valence-electron chi connectivity index (χ3n) is 2.15. The van der Waals surface area contributed by atoms with Crippen molar-refractivity contribution < 1.29 is 0 Å². The van der Waals surface area contributed by atoms with Crippen LogP contribution in [0.15, 0.2) is 30.6 Å². The van der Waals surface area contributed by atoms with Crippen LogP contribution in [-0.2, 0) is 0 Å². The highest BCUT2D eigenvalue weighted by atomic mass is 14.7. The lowest BCUT2D eigenvalue weighted by molar-refractivity contribution is 0.870. The lowest BCUT2D eigenvalue weighted by atomic mass is 10.0. The molecule has 0 N–H and O–H groups in total. The number of pyridine rings is 2. The Morgan fingerprint density at radius 1 is 1.08 bits per heavy atom. The Bertz CT molecular complexity index is 416. The minimum absolute atomic E-state index is 0.500. The minimum atomic E-state index is 0.500. The quantitative estimate of drug-likeness (QED) is 0.661. The summed E-state index contributed by atoms with van der Waals surface area (Å²) in [5.41, 5.74) is 3.28. The summed E-state index contributed by atoms with van der Waals surface area (Å²) in [5, 5.41) is 0. The van der Waals surface area contributed by atoms with Crippen molar-refractivity contribution in [1.82, 2.24) is 9.97 Å². The van der Waals surface area contributed by atoms with Crippen LogP contribution >= 0.6 is 0 Å². The van der Waals surface area contributed by atoms with E-state index in [1.54, 1.807) is 0 Å². The molecular weight excluding hydrogens is 160 g/mol. The van der Waals surface area contributed by atoms with E-state index in [2.05, 4.69) is 23.8 Å². The van der Waals surface area contributed by atoms with E-state index in [9.17, 15) is 0 Å². The van der Waals surface area contributed by atoms with Crippen molar-refractivity contribution in [2.75, 3.05) is 0 Å². The molecule has 0 atom stereocenters. The Labute approximate surface area is 77.6 Å². The molecule has 13 heavy (non-hydrogen) atoms. The Hall–Kier alpha value is -1.44. The maximum absolute atomic E-state index is 4.34.